The maximum atomic E-state index is 7.44. The molecule has 0 amide bonds. The molecule has 0 bridgehead atoms. The molecule has 0 spiro atoms. The van der Waals surface area contributed by atoms with Gasteiger partial charge in [-0.3, -0.25) is 0 Å². The van der Waals surface area contributed by atoms with Crippen molar-refractivity contribution in [2.75, 3.05) is 0 Å². The van der Waals surface area contributed by atoms with E-state index in [0.717, 1.165) is 78.8 Å². The number of fused-ring (bicyclic) bond motifs is 4. The number of hydrogen-bond acceptors (Lipinski definition) is 4. The van der Waals surface area contributed by atoms with E-state index in [-0.39, 0.29) is 19.5 Å². The van der Waals surface area contributed by atoms with Crippen LogP contribution >= 0.6 is 0 Å². The number of hydrogen-bond donors (Lipinski definition) is 0. The van der Waals surface area contributed by atoms with Crippen LogP contribution in [0, 0.1) is 0 Å². The maximum Gasteiger partial charge on any atom is 2.00 e. The van der Waals surface area contributed by atoms with Crippen molar-refractivity contribution in [3.63, 3.8) is 0 Å². The van der Waals surface area contributed by atoms with Gasteiger partial charge in [-0.05, 0) is 48.5 Å². The number of nitrogens with zero attached hydrogens (tertiary/aromatic N) is 6. The van der Waals surface area contributed by atoms with Gasteiger partial charge in [0, 0.05) is 21.5 Å². The third-order valence-electron chi connectivity index (χ3n) is 6.92. The predicted octanol–water partition coefficient (Wildman–Crippen LogP) is 10.2. The molecule has 0 saturated heterocycles. The number of benzene rings is 4. The monoisotopic (exact) mass is 698 g/mol. The summed E-state index contributed by atoms with van der Waals surface area (Å²) in [5.74, 6) is 0. The molecule has 8 aromatic rings. The number of para-hydroxylation sites is 4. The zero-order valence-corrected chi connectivity index (χ0v) is 27.8. The van der Waals surface area contributed by atoms with Gasteiger partial charge in [0.25, 0.3) is 0 Å². The first-order valence-electron chi connectivity index (χ1n) is 14.9. The Morgan fingerprint density at radius 3 is 0.745 bits per heavy atom. The van der Waals surface area contributed by atoms with Crippen LogP contribution in [0.5, 0.6) is 0 Å². The van der Waals surface area contributed by atoms with Crippen molar-refractivity contribution in [2.45, 2.75) is 13.8 Å². The zero-order valence-electron chi connectivity index (χ0n) is 26.0. The minimum absolute atomic E-state index is 0. The minimum Gasteiger partial charge on any atom is -0.814 e. The van der Waals surface area contributed by atoms with Crippen LogP contribution in [-0.4, -0.2) is 32.4 Å². The van der Waals surface area contributed by atoms with Crippen molar-refractivity contribution in [3.8, 4) is 22.8 Å². The molecule has 47 heavy (non-hydrogen) atoms. The smallest absolute Gasteiger partial charge is 0.814 e. The van der Waals surface area contributed by atoms with E-state index in [1.165, 1.54) is 0 Å². The molecule has 8 rings (SSSR count). The Balaban J connectivity index is 0.000000179. The third-order valence-corrected chi connectivity index (χ3v) is 6.92. The second kappa shape index (κ2) is 17.3. The Morgan fingerprint density at radius 1 is 0.340 bits per heavy atom. The molecule has 4 aromatic heterocycles. The summed E-state index contributed by atoms with van der Waals surface area (Å²) in [4.78, 5) is 18.8. The van der Waals surface area contributed by atoms with Crippen LogP contribution in [0.1, 0.15) is 13.8 Å². The molecule has 0 N–H and O–H groups in total. The molecule has 230 valence electrons. The van der Waals surface area contributed by atoms with Gasteiger partial charge in [-0.25, -0.2) is 32.4 Å². The molecule has 0 radical (unpaired) electrons. The first kappa shape index (κ1) is 34.4. The van der Waals surface area contributed by atoms with Crippen LogP contribution in [0.25, 0.3) is 77.2 Å². The molecule has 4 heterocycles. The van der Waals surface area contributed by atoms with Gasteiger partial charge < -0.3 is 10.8 Å². The molecule has 0 aliphatic rings. The Bertz CT molecular complexity index is 1930. The van der Waals surface area contributed by atoms with Gasteiger partial charge in [0.2, 0.25) is 0 Å². The summed E-state index contributed by atoms with van der Waals surface area (Å²) in [5, 5.41) is 19.5. The van der Waals surface area contributed by atoms with Crippen LogP contribution < -0.4 is 0 Å². The van der Waals surface area contributed by atoms with Gasteiger partial charge in [0.05, 0.1) is 44.8 Å². The first-order valence-corrected chi connectivity index (χ1v) is 14.9. The molecular formula is C40H32N6Ru. The molecular weight excluding hydrogens is 666 g/mol. The fourth-order valence-corrected chi connectivity index (χ4v) is 4.83. The number of rotatable bonds is 2. The predicted molar refractivity (Wildman–Crippen MR) is 195 cm³/mol. The van der Waals surface area contributed by atoms with E-state index < -0.39 is 0 Å². The molecule has 0 fully saturated rings. The standard InChI is InChI=1S/2C18H12N2.2C2H4N.Ru/c2*1-3-7-15-13(5-1)9-11-17(19-15)18-12-10-14-6-2-4-8-16(14)20-18;2*1-2-3;/h2*1-12H;2*2H,1H3;/q;;2*-1;+2. The van der Waals surface area contributed by atoms with E-state index in [2.05, 4.69) is 68.5 Å². The largest absolute Gasteiger partial charge is 2.00 e. The van der Waals surface area contributed by atoms with E-state index in [0.29, 0.717) is 0 Å². The molecule has 0 unspecified atom stereocenters. The SMILES string of the molecule is CC=[N-].CC=[N-].[Ru+2].c1ccc2nc(-c3ccc4ccccc4n3)ccc2c1.c1ccc2nc(-c3ccc4ccccc4n3)ccc2c1. The summed E-state index contributed by atoms with van der Waals surface area (Å²) in [6.45, 7) is 3.11. The van der Waals surface area contributed by atoms with Crippen LogP contribution in [0.15, 0.2) is 146 Å². The fourth-order valence-electron chi connectivity index (χ4n) is 4.83. The van der Waals surface area contributed by atoms with Gasteiger partial charge in [-0.2, -0.15) is 0 Å². The summed E-state index contributed by atoms with van der Waals surface area (Å²) in [6.07, 6.45) is 2.00. The molecule has 0 saturated carbocycles. The zero-order chi connectivity index (χ0) is 32.1. The summed E-state index contributed by atoms with van der Waals surface area (Å²) in [7, 11) is 0. The summed E-state index contributed by atoms with van der Waals surface area (Å²) in [5.41, 5.74) is 7.65. The van der Waals surface area contributed by atoms with Gasteiger partial charge in [-0.15, -0.1) is 0 Å². The van der Waals surface area contributed by atoms with E-state index in [9.17, 15) is 0 Å². The molecule has 6 nitrogen and oxygen atoms in total. The normalized spacial score (nSPS) is 9.91. The Labute approximate surface area is 287 Å². The Morgan fingerprint density at radius 2 is 0.532 bits per heavy atom. The number of pyridine rings is 4. The maximum absolute atomic E-state index is 7.44. The first-order chi connectivity index (χ1) is 22.6. The average molecular weight is 698 g/mol. The fraction of sp³-hybridized carbons (Fsp3) is 0.0500. The van der Waals surface area contributed by atoms with E-state index in [1.807, 2.05) is 97.1 Å². The van der Waals surface area contributed by atoms with E-state index in [4.69, 9.17) is 10.8 Å². The summed E-state index contributed by atoms with van der Waals surface area (Å²) in [6, 6.07) is 49.0. The molecule has 0 aliphatic heterocycles. The van der Waals surface area contributed by atoms with Crippen molar-refractivity contribution in [1.29, 1.82) is 0 Å². The van der Waals surface area contributed by atoms with Crippen molar-refractivity contribution in [1.82, 2.24) is 19.9 Å². The second-order valence-electron chi connectivity index (χ2n) is 10.1. The van der Waals surface area contributed by atoms with Crippen molar-refractivity contribution < 1.29 is 19.5 Å². The van der Waals surface area contributed by atoms with Gasteiger partial charge >= 0.3 is 19.5 Å². The van der Waals surface area contributed by atoms with Gasteiger partial charge in [0.15, 0.2) is 0 Å². The van der Waals surface area contributed by atoms with Crippen LogP contribution in [0.2, 0.25) is 0 Å². The van der Waals surface area contributed by atoms with E-state index in [1.54, 1.807) is 13.8 Å². The number of aromatic nitrogens is 4. The van der Waals surface area contributed by atoms with Crippen LogP contribution in [0.4, 0.5) is 0 Å². The molecule has 0 aliphatic carbocycles. The topological polar surface area (TPSA) is 96.2 Å². The van der Waals surface area contributed by atoms with Gasteiger partial charge in [-0.1, -0.05) is 111 Å². The Hall–Kier alpha value is -5.52. The van der Waals surface area contributed by atoms with Crippen molar-refractivity contribution in [3.05, 3.63) is 156 Å². The van der Waals surface area contributed by atoms with Gasteiger partial charge in [0.1, 0.15) is 0 Å². The summed E-state index contributed by atoms with van der Waals surface area (Å²) >= 11 is 0. The molecule has 0 atom stereocenters. The second-order valence-corrected chi connectivity index (χ2v) is 10.1. The molecule has 7 heteroatoms. The van der Waals surface area contributed by atoms with Crippen molar-refractivity contribution in [2.24, 2.45) is 0 Å². The minimum atomic E-state index is 0. The third kappa shape index (κ3) is 8.81. The Kier molecular flexibility index (Phi) is 12.6. The van der Waals surface area contributed by atoms with E-state index >= 15 is 0 Å². The average Bonchev–Trinajstić information content (AvgIpc) is 3.12. The van der Waals surface area contributed by atoms with Crippen LogP contribution in [-0.2, 0) is 19.5 Å². The van der Waals surface area contributed by atoms with Crippen LogP contribution in [0.3, 0.4) is 0 Å². The quantitative estimate of drug-likeness (QED) is 0.133. The molecule has 4 aromatic carbocycles. The van der Waals surface area contributed by atoms with Crippen molar-refractivity contribution >= 4 is 56.0 Å². The summed E-state index contributed by atoms with van der Waals surface area (Å²) < 4.78 is 0.